The standard InChI is InChI=1S/C14H19IN2S/c15-9-5-1-2-6-10-16-11-14-17-12-7-3-4-8-13(12)18-14/h3-4,7-8,16H,1-2,5-6,9-11H2. The number of halogens is 1. The molecule has 0 fully saturated rings. The van der Waals surface area contributed by atoms with Gasteiger partial charge in [0.25, 0.3) is 0 Å². The molecule has 0 aliphatic heterocycles. The van der Waals surface area contributed by atoms with Crippen LogP contribution in [0.5, 0.6) is 0 Å². The van der Waals surface area contributed by atoms with E-state index in [0.29, 0.717) is 0 Å². The van der Waals surface area contributed by atoms with Crippen LogP contribution in [0.2, 0.25) is 0 Å². The molecule has 0 aliphatic carbocycles. The quantitative estimate of drug-likeness (QED) is 0.421. The van der Waals surface area contributed by atoms with E-state index in [-0.39, 0.29) is 0 Å². The van der Waals surface area contributed by atoms with Gasteiger partial charge in [0.05, 0.1) is 10.2 Å². The zero-order chi connectivity index (χ0) is 12.6. The molecule has 1 aromatic carbocycles. The summed E-state index contributed by atoms with van der Waals surface area (Å²) in [6.45, 7) is 2.02. The van der Waals surface area contributed by atoms with E-state index in [2.05, 4.69) is 51.1 Å². The minimum atomic E-state index is 0.908. The molecular weight excluding hydrogens is 355 g/mol. The number of hydrogen-bond donors (Lipinski definition) is 1. The Morgan fingerprint density at radius 3 is 2.78 bits per heavy atom. The van der Waals surface area contributed by atoms with Crippen LogP contribution in [0, 0.1) is 0 Å². The van der Waals surface area contributed by atoms with Crippen molar-refractivity contribution in [3.63, 3.8) is 0 Å². The molecule has 4 heteroatoms. The highest BCUT2D eigenvalue weighted by molar-refractivity contribution is 14.1. The first-order valence-electron chi connectivity index (χ1n) is 6.51. The Kier molecular flexibility index (Phi) is 6.37. The van der Waals surface area contributed by atoms with E-state index in [1.165, 1.54) is 39.8 Å². The minimum Gasteiger partial charge on any atom is -0.310 e. The van der Waals surface area contributed by atoms with Gasteiger partial charge in [-0.25, -0.2) is 4.98 Å². The summed E-state index contributed by atoms with van der Waals surface area (Å²) < 4.78 is 2.58. The van der Waals surface area contributed by atoms with Crippen molar-refractivity contribution >= 4 is 44.1 Å². The van der Waals surface area contributed by atoms with Crippen LogP contribution in [0.4, 0.5) is 0 Å². The number of fused-ring (bicyclic) bond motifs is 1. The second kappa shape index (κ2) is 8.07. The highest BCUT2D eigenvalue weighted by atomic mass is 127. The van der Waals surface area contributed by atoms with Crippen LogP contribution < -0.4 is 5.32 Å². The second-order valence-electron chi connectivity index (χ2n) is 4.36. The fourth-order valence-electron chi connectivity index (χ4n) is 1.89. The lowest BCUT2D eigenvalue weighted by atomic mass is 10.2. The molecule has 2 rings (SSSR count). The van der Waals surface area contributed by atoms with Gasteiger partial charge in [0, 0.05) is 6.54 Å². The number of benzene rings is 1. The average molecular weight is 374 g/mol. The molecule has 18 heavy (non-hydrogen) atoms. The van der Waals surface area contributed by atoms with E-state index in [9.17, 15) is 0 Å². The molecule has 0 radical (unpaired) electrons. The molecule has 0 amide bonds. The van der Waals surface area contributed by atoms with Crippen LogP contribution in [0.15, 0.2) is 24.3 Å². The zero-order valence-electron chi connectivity index (χ0n) is 10.5. The van der Waals surface area contributed by atoms with Crippen LogP contribution >= 0.6 is 33.9 Å². The maximum absolute atomic E-state index is 4.61. The smallest absolute Gasteiger partial charge is 0.108 e. The first-order chi connectivity index (χ1) is 8.90. The van der Waals surface area contributed by atoms with Gasteiger partial charge in [0.15, 0.2) is 0 Å². The molecule has 2 aromatic rings. The Bertz CT molecular complexity index is 437. The number of nitrogens with one attached hydrogen (secondary N) is 1. The summed E-state index contributed by atoms with van der Waals surface area (Å²) in [6, 6.07) is 8.34. The largest absolute Gasteiger partial charge is 0.310 e. The van der Waals surface area contributed by atoms with E-state index in [4.69, 9.17) is 0 Å². The summed E-state index contributed by atoms with van der Waals surface area (Å²) in [6.07, 6.45) is 5.35. The molecule has 0 bridgehead atoms. The molecule has 0 saturated heterocycles. The molecule has 2 nitrogen and oxygen atoms in total. The number of para-hydroxylation sites is 1. The van der Waals surface area contributed by atoms with Gasteiger partial charge in [-0.15, -0.1) is 11.3 Å². The van der Waals surface area contributed by atoms with E-state index >= 15 is 0 Å². The van der Waals surface area contributed by atoms with Gasteiger partial charge in [-0.05, 0) is 35.9 Å². The minimum absolute atomic E-state index is 0.908. The number of unbranched alkanes of at least 4 members (excludes halogenated alkanes) is 3. The van der Waals surface area contributed by atoms with Crippen molar-refractivity contribution in [2.45, 2.75) is 32.2 Å². The van der Waals surface area contributed by atoms with Crippen molar-refractivity contribution in [3.05, 3.63) is 29.3 Å². The lowest BCUT2D eigenvalue weighted by molar-refractivity contribution is 0.600. The Labute approximate surface area is 126 Å². The number of nitrogens with zero attached hydrogens (tertiary/aromatic N) is 1. The van der Waals surface area contributed by atoms with Crippen molar-refractivity contribution in [2.24, 2.45) is 0 Å². The van der Waals surface area contributed by atoms with Crippen molar-refractivity contribution in [1.29, 1.82) is 0 Å². The number of aromatic nitrogens is 1. The summed E-state index contributed by atoms with van der Waals surface area (Å²) in [5.41, 5.74) is 1.13. The van der Waals surface area contributed by atoms with Gasteiger partial charge in [-0.2, -0.15) is 0 Å². The summed E-state index contributed by atoms with van der Waals surface area (Å²) in [4.78, 5) is 4.61. The molecule has 98 valence electrons. The van der Waals surface area contributed by atoms with Gasteiger partial charge in [0.1, 0.15) is 5.01 Å². The van der Waals surface area contributed by atoms with Crippen molar-refractivity contribution in [3.8, 4) is 0 Å². The van der Waals surface area contributed by atoms with Crippen molar-refractivity contribution in [1.82, 2.24) is 10.3 Å². The molecule has 0 spiro atoms. The molecule has 0 atom stereocenters. The van der Waals surface area contributed by atoms with Crippen LogP contribution in [0.1, 0.15) is 30.7 Å². The normalized spacial score (nSPS) is 11.2. The molecular formula is C14H19IN2S. The molecule has 1 heterocycles. The predicted octanol–water partition coefficient (Wildman–Crippen LogP) is 4.38. The Morgan fingerprint density at radius 2 is 1.94 bits per heavy atom. The van der Waals surface area contributed by atoms with Gasteiger partial charge in [-0.3, -0.25) is 0 Å². The first-order valence-corrected chi connectivity index (χ1v) is 8.85. The van der Waals surface area contributed by atoms with Crippen LogP contribution in [-0.2, 0) is 6.54 Å². The summed E-state index contributed by atoms with van der Waals surface area (Å²) in [7, 11) is 0. The predicted molar refractivity (Wildman–Crippen MR) is 88.7 cm³/mol. The first kappa shape index (κ1) is 14.2. The third kappa shape index (κ3) is 4.48. The van der Waals surface area contributed by atoms with Gasteiger partial charge in [0.2, 0.25) is 0 Å². The third-order valence-corrected chi connectivity index (χ3v) is 4.65. The molecule has 0 saturated carbocycles. The van der Waals surface area contributed by atoms with E-state index in [0.717, 1.165) is 18.6 Å². The average Bonchev–Trinajstić information content (AvgIpc) is 2.80. The van der Waals surface area contributed by atoms with Crippen LogP contribution in [0.25, 0.3) is 10.2 Å². The number of hydrogen-bond acceptors (Lipinski definition) is 3. The van der Waals surface area contributed by atoms with Crippen molar-refractivity contribution < 1.29 is 0 Å². The summed E-state index contributed by atoms with van der Waals surface area (Å²) in [5.74, 6) is 0. The molecule has 1 aromatic heterocycles. The molecule has 1 N–H and O–H groups in total. The van der Waals surface area contributed by atoms with Gasteiger partial charge < -0.3 is 5.32 Å². The fraction of sp³-hybridized carbons (Fsp3) is 0.500. The highest BCUT2D eigenvalue weighted by Crippen LogP contribution is 2.21. The number of thiazole rings is 1. The second-order valence-corrected chi connectivity index (χ2v) is 6.55. The Hall–Kier alpha value is -0.200. The lowest BCUT2D eigenvalue weighted by Gasteiger charge is -2.01. The maximum Gasteiger partial charge on any atom is 0.108 e. The van der Waals surface area contributed by atoms with Gasteiger partial charge >= 0.3 is 0 Å². The SMILES string of the molecule is ICCCCCCNCc1nc2ccccc2s1. The number of rotatable bonds is 8. The third-order valence-electron chi connectivity index (χ3n) is 2.85. The topological polar surface area (TPSA) is 24.9 Å². The lowest BCUT2D eigenvalue weighted by Crippen LogP contribution is -2.14. The van der Waals surface area contributed by atoms with E-state index in [1.807, 2.05) is 6.07 Å². The number of alkyl halides is 1. The van der Waals surface area contributed by atoms with Gasteiger partial charge in [-0.1, -0.05) is 47.6 Å². The van der Waals surface area contributed by atoms with Crippen LogP contribution in [0.3, 0.4) is 0 Å². The Morgan fingerprint density at radius 1 is 1.11 bits per heavy atom. The fourth-order valence-corrected chi connectivity index (χ4v) is 3.37. The van der Waals surface area contributed by atoms with E-state index < -0.39 is 0 Å². The van der Waals surface area contributed by atoms with E-state index in [1.54, 1.807) is 11.3 Å². The summed E-state index contributed by atoms with van der Waals surface area (Å²) >= 11 is 4.24. The Balaban J connectivity index is 1.67. The highest BCUT2D eigenvalue weighted by Gasteiger charge is 2.01. The van der Waals surface area contributed by atoms with Crippen LogP contribution in [-0.4, -0.2) is 16.0 Å². The maximum atomic E-state index is 4.61. The molecule has 0 unspecified atom stereocenters. The van der Waals surface area contributed by atoms with Crippen molar-refractivity contribution in [2.75, 3.05) is 11.0 Å². The molecule has 0 aliphatic rings. The summed E-state index contributed by atoms with van der Waals surface area (Å²) in [5, 5.41) is 4.68. The zero-order valence-corrected chi connectivity index (χ0v) is 13.5. The monoisotopic (exact) mass is 374 g/mol.